The summed E-state index contributed by atoms with van der Waals surface area (Å²) in [6, 6.07) is -0.0853. The zero-order valence-corrected chi connectivity index (χ0v) is 10.9. The van der Waals surface area contributed by atoms with Crippen LogP contribution in [-0.4, -0.2) is 42.2 Å². The highest BCUT2D eigenvalue weighted by atomic mass is 32.2. The smallest absolute Gasteiger partial charge is 0.147 e. The second kappa shape index (κ2) is 9.81. The van der Waals surface area contributed by atoms with Crippen LogP contribution in [0.15, 0.2) is 0 Å². The fraction of sp³-hybridized carbons (Fsp3) is 0.818. The molecule has 0 aliphatic rings. The number of nitrogens with two attached hydrogens (primary N) is 1. The van der Waals surface area contributed by atoms with Gasteiger partial charge in [-0.1, -0.05) is 6.92 Å². The van der Waals surface area contributed by atoms with Crippen LogP contribution in [0.3, 0.4) is 0 Å². The standard InChI is InChI=1S/C11H22N2O2S/c1-3-16-8-11(9(2)14)13-6-4-5-10(15)7-12/h11,13H,3-8,12H2,1-2H3. The van der Waals surface area contributed by atoms with Gasteiger partial charge in [-0.2, -0.15) is 11.8 Å². The molecule has 0 aromatic rings. The highest BCUT2D eigenvalue weighted by Gasteiger charge is 2.12. The molecule has 0 aromatic carbocycles. The van der Waals surface area contributed by atoms with Crippen LogP contribution in [0.4, 0.5) is 0 Å². The summed E-state index contributed by atoms with van der Waals surface area (Å²) in [6.45, 7) is 4.47. The van der Waals surface area contributed by atoms with Crippen molar-refractivity contribution in [2.24, 2.45) is 5.73 Å². The minimum atomic E-state index is -0.0853. The highest BCUT2D eigenvalue weighted by Crippen LogP contribution is 2.03. The molecule has 0 bridgehead atoms. The number of rotatable bonds is 10. The molecular formula is C11H22N2O2S. The first kappa shape index (κ1) is 15.6. The molecule has 0 saturated heterocycles. The molecule has 0 amide bonds. The predicted molar refractivity (Wildman–Crippen MR) is 68.8 cm³/mol. The van der Waals surface area contributed by atoms with E-state index >= 15 is 0 Å². The number of carbonyl (C=O) groups is 2. The second-order valence-corrected chi connectivity index (χ2v) is 4.94. The summed E-state index contributed by atoms with van der Waals surface area (Å²) in [4.78, 5) is 22.2. The van der Waals surface area contributed by atoms with Crippen LogP contribution in [0.25, 0.3) is 0 Å². The Bertz CT molecular complexity index is 222. The summed E-state index contributed by atoms with van der Waals surface area (Å²) >= 11 is 1.74. The van der Waals surface area contributed by atoms with Crippen molar-refractivity contribution in [1.82, 2.24) is 5.32 Å². The number of ketones is 2. The Balaban J connectivity index is 3.67. The molecular weight excluding hydrogens is 224 g/mol. The predicted octanol–water partition coefficient (Wildman–Crippen LogP) is 0.595. The van der Waals surface area contributed by atoms with E-state index in [1.807, 2.05) is 0 Å². The lowest BCUT2D eigenvalue weighted by atomic mass is 10.2. The van der Waals surface area contributed by atoms with E-state index in [0.29, 0.717) is 13.0 Å². The molecule has 94 valence electrons. The van der Waals surface area contributed by atoms with E-state index < -0.39 is 0 Å². The monoisotopic (exact) mass is 246 g/mol. The summed E-state index contributed by atoms with van der Waals surface area (Å²) in [5, 5.41) is 3.17. The third kappa shape index (κ3) is 7.84. The van der Waals surface area contributed by atoms with E-state index in [2.05, 4.69) is 12.2 Å². The van der Waals surface area contributed by atoms with Crippen molar-refractivity contribution in [3.05, 3.63) is 0 Å². The summed E-state index contributed by atoms with van der Waals surface area (Å²) in [5.41, 5.74) is 5.20. The molecule has 1 unspecified atom stereocenters. The maximum Gasteiger partial charge on any atom is 0.147 e. The van der Waals surface area contributed by atoms with Crippen LogP contribution in [-0.2, 0) is 9.59 Å². The van der Waals surface area contributed by atoms with E-state index in [9.17, 15) is 9.59 Å². The van der Waals surface area contributed by atoms with Gasteiger partial charge in [-0.15, -0.1) is 0 Å². The molecule has 0 aromatic heterocycles. The second-order valence-electron chi connectivity index (χ2n) is 3.62. The van der Waals surface area contributed by atoms with Crippen LogP contribution in [0.2, 0.25) is 0 Å². The van der Waals surface area contributed by atoms with Gasteiger partial charge >= 0.3 is 0 Å². The first-order chi connectivity index (χ1) is 7.61. The van der Waals surface area contributed by atoms with E-state index in [4.69, 9.17) is 5.73 Å². The van der Waals surface area contributed by atoms with Crippen molar-refractivity contribution in [2.45, 2.75) is 32.7 Å². The van der Waals surface area contributed by atoms with E-state index in [1.165, 1.54) is 0 Å². The van der Waals surface area contributed by atoms with Crippen molar-refractivity contribution in [3.63, 3.8) is 0 Å². The molecule has 0 aliphatic heterocycles. The number of hydrogen-bond acceptors (Lipinski definition) is 5. The molecule has 0 rings (SSSR count). The minimum absolute atomic E-state index is 0.0732. The lowest BCUT2D eigenvalue weighted by Gasteiger charge is -2.14. The minimum Gasteiger partial charge on any atom is -0.324 e. The van der Waals surface area contributed by atoms with Gasteiger partial charge in [0.1, 0.15) is 11.6 Å². The molecule has 16 heavy (non-hydrogen) atoms. The molecule has 0 radical (unpaired) electrons. The normalized spacial score (nSPS) is 12.4. The molecule has 1 atom stereocenters. The summed E-state index contributed by atoms with van der Waals surface area (Å²) in [7, 11) is 0. The average Bonchev–Trinajstić information content (AvgIpc) is 2.27. The maximum absolute atomic E-state index is 11.3. The molecule has 0 aliphatic carbocycles. The van der Waals surface area contributed by atoms with E-state index in [1.54, 1.807) is 18.7 Å². The number of thioether (sulfide) groups is 1. The number of nitrogens with one attached hydrogen (secondary N) is 1. The zero-order chi connectivity index (χ0) is 12.4. The number of carbonyl (C=O) groups excluding carboxylic acids is 2. The molecule has 4 nitrogen and oxygen atoms in total. The van der Waals surface area contributed by atoms with Gasteiger partial charge in [-0.3, -0.25) is 9.59 Å². The van der Waals surface area contributed by atoms with Crippen molar-refractivity contribution in [3.8, 4) is 0 Å². The Morgan fingerprint density at radius 2 is 2.12 bits per heavy atom. The zero-order valence-electron chi connectivity index (χ0n) is 10.1. The van der Waals surface area contributed by atoms with Crippen molar-refractivity contribution < 1.29 is 9.59 Å². The van der Waals surface area contributed by atoms with E-state index in [-0.39, 0.29) is 24.2 Å². The van der Waals surface area contributed by atoms with Gasteiger partial charge in [0.2, 0.25) is 0 Å². The van der Waals surface area contributed by atoms with Crippen molar-refractivity contribution in [2.75, 3.05) is 24.6 Å². The molecule has 0 fully saturated rings. The van der Waals surface area contributed by atoms with Gasteiger partial charge in [0.05, 0.1) is 12.6 Å². The van der Waals surface area contributed by atoms with Crippen molar-refractivity contribution in [1.29, 1.82) is 0 Å². The molecule has 0 saturated carbocycles. The molecule has 3 N–H and O–H groups in total. The maximum atomic E-state index is 11.3. The quantitative estimate of drug-likeness (QED) is 0.552. The van der Waals surface area contributed by atoms with Gasteiger partial charge in [0.15, 0.2) is 0 Å². The Kier molecular flexibility index (Phi) is 9.57. The Morgan fingerprint density at radius 1 is 1.44 bits per heavy atom. The lowest BCUT2D eigenvalue weighted by molar-refractivity contribution is -0.118. The Labute approximate surface area is 102 Å². The summed E-state index contributed by atoms with van der Waals surface area (Å²) < 4.78 is 0. The van der Waals surface area contributed by atoms with Gasteiger partial charge in [-0.05, 0) is 25.6 Å². The van der Waals surface area contributed by atoms with Crippen LogP contribution < -0.4 is 11.1 Å². The van der Waals surface area contributed by atoms with Crippen molar-refractivity contribution >= 4 is 23.3 Å². The van der Waals surface area contributed by atoms with Gasteiger partial charge in [-0.25, -0.2) is 0 Å². The Morgan fingerprint density at radius 3 is 2.62 bits per heavy atom. The fourth-order valence-electron chi connectivity index (χ4n) is 1.22. The average molecular weight is 246 g/mol. The summed E-state index contributed by atoms with van der Waals surface area (Å²) in [6.07, 6.45) is 1.24. The third-order valence-electron chi connectivity index (χ3n) is 2.23. The summed E-state index contributed by atoms with van der Waals surface area (Å²) in [5.74, 6) is 2.04. The lowest BCUT2D eigenvalue weighted by Crippen LogP contribution is -2.38. The van der Waals surface area contributed by atoms with Crippen LogP contribution in [0.1, 0.15) is 26.7 Å². The van der Waals surface area contributed by atoms with Crippen LogP contribution >= 0.6 is 11.8 Å². The van der Waals surface area contributed by atoms with Gasteiger partial charge < -0.3 is 11.1 Å². The van der Waals surface area contributed by atoms with Crippen LogP contribution in [0.5, 0.6) is 0 Å². The SMILES string of the molecule is CCSCC(NCCCC(=O)CN)C(C)=O. The molecule has 0 heterocycles. The van der Waals surface area contributed by atoms with Gasteiger partial charge in [0, 0.05) is 12.2 Å². The number of hydrogen-bond donors (Lipinski definition) is 2. The number of Topliss-reactive ketones (excluding diaryl/α,β-unsaturated/α-hetero) is 2. The molecule has 0 spiro atoms. The first-order valence-electron chi connectivity index (χ1n) is 5.65. The fourth-order valence-corrected chi connectivity index (χ4v) is 2.04. The van der Waals surface area contributed by atoms with Gasteiger partial charge in [0.25, 0.3) is 0 Å². The molecule has 5 heteroatoms. The first-order valence-corrected chi connectivity index (χ1v) is 6.80. The largest absolute Gasteiger partial charge is 0.324 e. The van der Waals surface area contributed by atoms with E-state index in [0.717, 1.165) is 17.9 Å². The van der Waals surface area contributed by atoms with Crippen LogP contribution in [0, 0.1) is 0 Å². The third-order valence-corrected chi connectivity index (χ3v) is 3.21. The highest BCUT2D eigenvalue weighted by molar-refractivity contribution is 7.99. The Hall–Kier alpha value is -0.390. The topological polar surface area (TPSA) is 72.2 Å².